The minimum absolute atomic E-state index is 0.138. The van der Waals surface area contributed by atoms with Crippen molar-refractivity contribution in [1.82, 2.24) is 9.97 Å². The van der Waals surface area contributed by atoms with E-state index >= 15 is 0 Å². The molecule has 3 fully saturated rings. The second-order valence-electron chi connectivity index (χ2n) is 7.78. The van der Waals surface area contributed by atoms with Gasteiger partial charge in [-0.2, -0.15) is 13.2 Å². The van der Waals surface area contributed by atoms with Crippen molar-refractivity contribution in [3.05, 3.63) is 48.2 Å². The normalized spacial score (nSPS) is 26.6. The van der Waals surface area contributed by atoms with E-state index in [-0.39, 0.29) is 34.4 Å². The van der Waals surface area contributed by atoms with Crippen LogP contribution in [0.25, 0.3) is 0 Å². The van der Waals surface area contributed by atoms with Crippen LogP contribution in [-0.2, 0) is 11.0 Å². The van der Waals surface area contributed by atoms with Gasteiger partial charge in [0.1, 0.15) is 11.6 Å². The highest BCUT2D eigenvalue weighted by Gasteiger charge is 2.70. The Morgan fingerprint density at radius 2 is 1.79 bits per heavy atom. The van der Waals surface area contributed by atoms with Crippen molar-refractivity contribution in [2.24, 2.45) is 11.3 Å². The molecule has 2 aromatic rings. The number of carbonyl (C=O) groups excluding carboxylic acids is 1. The van der Waals surface area contributed by atoms with Crippen molar-refractivity contribution in [2.45, 2.75) is 37.9 Å². The Balaban J connectivity index is 1.36. The van der Waals surface area contributed by atoms with Gasteiger partial charge in [-0.3, -0.25) is 4.79 Å². The summed E-state index contributed by atoms with van der Waals surface area (Å²) in [7, 11) is 0. The van der Waals surface area contributed by atoms with Gasteiger partial charge in [0.15, 0.2) is 0 Å². The summed E-state index contributed by atoms with van der Waals surface area (Å²) in [5.41, 5.74) is 0.0388. The monoisotopic (exact) mass is 394 g/mol. The third-order valence-corrected chi connectivity index (χ3v) is 5.80. The van der Waals surface area contributed by atoms with Crippen LogP contribution in [-0.4, -0.2) is 21.4 Å². The van der Waals surface area contributed by atoms with Crippen molar-refractivity contribution in [1.29, 1.82) is 0 Å². The van der Waals surface area contributed by atoms with Gasteiger partial charge in [0, 0.05) is 23.3 Å². The summed E-state index contributed by atoms with van der Waals surface area (Å²) in [4.78, 5) is 19.3. The number of nitrogens with one attached hydrogen (secondary N) is 2. The maximum atomic E-state index is 13.0. The van der Waals surface area contributed by atoms with E-state index in [2.05, 4.69) is 20.6 Å². The van der Waals surface area contributed by atoms with Crippen molar-refractivity contribution in [2.75, 3.05) is 10.6 Å². The largest absolute Gasteiger partial charge is 0.451 e. The standard InChI is InChI=1S/C19H18F4N4O/c1-11(15(28)25-13-4-2-12(20)3-5-13)17-8-18(9-17,10-17)27-14-6-7-24-16(26-14)19(21,22)23/h2-7,11H,8-10H2,1H3,(H,25,28)(H,24,26,27). The van der Waals surface area contributed by atoms with Gasteiger partial charge in [-0.1, -0.05) is 6.92 Å². The fraction of sp³-hybridized carbons (Fsp3) is 0.421. The third kappa shape index (κ3) is 3.18. The van der Waals surface area contributed by atoms with Gasteiger partial charge >= 0.3 is 6.18 Å². The summed E-state index contributed by atoms with van der Waals surface area (Å²) in [6.45, 7) is 1.84. The van der Waals surface area contributed by atoms with E-state index in [0.29, 0.717) is 24.9 Å². The number of alkyl halides is 3. The van der Waals surface area contributed by atoms with Crippen LogP contribution in [0.3, 0.4) is 0 Å². The van der Waals surface area contributed by atoms with E-state index in [1.807, 2.05) is 6.92 Å². The lowest BCUT2D eigenvalue weighted by Crippen LogP contribution is -2.74. The van der Waals surface area contributed by atoms with Gasteiger partial charge in [0.05, 0.1) is 0 Å². The maximum Gasteiger partial charge on any atom is 0.451 e. The Labute approximate surface area is 158 Å². The van der Waals surface area contributed by atoms with Crippen molar-refractivity contribution >= 4 is 17.4 Å². The number of benzene rings is 1. The molecule has 0 radical (unpaired) electrons. The van der Waals surface area contributed by atoms with Gasteiger partial charge < -0.3 is 10.6 Å². The number of amides is 1. The summed E-state index contributed by atoms with van der Waals surface area (Å²) >= 11 is 0. The minimum Gasteiger partial charge on any atom is -0.364 e. The fourth-order valence-electron chi connectivity index (χ4n) is 4.36. The zero-order chi connectivity index (χ0) is 20.2. The summed E-state index contributed by atoms with van der Waals surface area (Å²) in [5.74, 6) is -1.83. The van der Waals surface area contributed by atoms with E-state index in [9.17, 15) is 22.4 Å². The molecule has 3 aliphatic carbocycles. The molecule has 2 N–H and O–H groups in total. The van der Waals surface area contributed by atoms with Crippen molar-refractivity contribution < 1.29 is 22.4 Å². The highest BCUT2D eigenvalue weighted by Crippen LogP contribution is 2.71. The molecule has 3 aliphatic rings. The molecule has 9 heteroatoms. The molecule has 1 aromatic carbocycles. The van der Waals surface area contributed by atoms with E-state index in [1.165, 1.54) is 30.3 Å². The first-order valence-corrected chi connectivity index (χ1v) is 8.86. The number of aromatic nitrogens is 2. The summed E-state index contributed by atoms with van der Waals surface area (Å²) in [6, 6.07) is 6.96. The van der Waals surface area contributed by atoms with Crippen LogP contribution in [0.1, 0.15) is 32.0 Å². The first-order valence-electron chi connectivity index (χ1n) is 8.86. The molecular formula is C19H18F4N4O. The number of hydrogen-bond acceptors (Lipinski definition) is 4. The number of rotatable bonds is 5. The molecule has 5 rings (SSSR count). The molecular weight excluding hydrogens is 376 g/mol. The molecule has 148 valence electrons. The molecule has 1 atom stereocenters. The van der Waals surface area contributed by atoms with Crippen LogP contribution in [0, 0.1) is 17.2 Å². The molecule has 1 heterocycles. The molecule has 1 amide bonds. The number of halogens is 4. The average molecular weight is 394 g/mol. The topological polar surface area (TPSA) is 66.9 Å². The summed E-state index contributed by atoms with van der Waals surface area (Å²) < 4.78 is 51.2. The SMILES string of the molecule is CC(C(=O)Nc1ccc(F)cc1)C12CC(Nc3ccnc(C(F)(F)F)n3)(C1)C2. The van der Waals surface area contributed by atoms with Gasteiger partial charge in [-0.15, -0.1) is 0 Å². The molecule has 0 saturated heterocycles. The zero-order valence-corrected chi connectivity index (χ0v) is 15.0. The quantitative estimate of drug-likeness (QED) is 0.745. The lowest BCUT2D eigenvalue weighted by molar-refractivity contribution is -0.166. The van der Waals surface area contributed by atoms with E-state index in [4.69, 9.17) is 0 Å². The van der Waals surface area contributed by atoms with Gasteiger partial charge in [-0.05, 0) is 55.0 Å². The molecule has 1 aromatic heterocycles. The lowest BCUT2D eigenvalue weighted by Gasteiger charge is -2.72. The van der Waals surface area contributed by atoms with E-state index in [1.54, 1.807) is 0 Å². The first-order chi connectivity index (χ1) is 13.1. The number of carbonyl (C=O) groups is 1. The predicted molar refractivity (Wildman–Crippen MR) is 93.9 cm³/mol. The summed E-state index contributed by atoms with van der Waals surface area (Å²) in [5, 5.41) is 5.87. The second-order valence-corrected chi connectivity index (χ2v) is 7.78. The highest BCUT2D eigenvalue weighted by molar-refractivity contribution is 5.93. The van der Waals surface area contributed by atoms with Crippen LogP contribution in [0.4, 0.5) is 29.1 Å². The van der Waals surface area contributed by atoms with Crippen LogP contribution in [0.15, 0.2) is 36.5 Å². The van der Waals surface area contributed by atoms with E-state index in [0.717, 1.165) is 6.20 Å². The zero-order valence-electron chi connectivity index (χ0n) is 15.0. The number of nitrogens with zero attached hydrogens (tertiary/aromatic N) is 2. The Kier molecular flexibility index (Phi) is 4.09. The molecule has 2 bridgehead atoms. The maximum absolute atomic E-state index is 13.0. The highest BCUT2D eigenvalue weighted by atomic mass is 19.4. The second kappa shape index (κ2) is 6.15. The van der Waals surface area contributed by atoms with E-state index < -0.39 is 12.0 Å². The smallest absolute Gasteiger partial charge is 0.364 e. The molecule has 28 heavy (non-hydrogen) atoms. The number of anilines is 2. The first kappa shape index (κ1) is 18.6. The van der Waals surface area contributed by atoms with Crippen LogP contribution in [0.2, 0.25) is 0 Å². The summed E-state index contributed by atoms with van der Waals surface area (Å²) in [6.07, 6.45) is -1.46. The van der Waals surface area contributed by atoms with Crippen LogP contribution in [0.5, 0.6) is 0 Å². The Hall–Kier alpha value is -2.71. The van der Waals surface area contributed by atoms with Gasteiger partial charge in [0.25, 0.3) is 0 Å². The lowest BCUT2D eigenvalue weighted by atomic mass is 9.36. The van der Waals surface area contributed by atoms with Crippen LogP contribution < -0.4 is 10.6 Å². The number of hydrogen-bond donors (Lipinski definition) is 2. The van der Waals surface area contributed by atoms with Crippen molar-refractivity contribution in [3.63, 3.8) is 0 Å². The Morgan fingerprint density at radius 3 is 2.39 bits per heavy atom. The predicted octanol–water partition coefficient (Wildman–Crippen LogP) is 4.24. The Bertz CT molecular complexity index is 893. The average Bonchev–Trinajstić information content (AvgIpc) is 2.58. The fourth-order valence-corrected chi connectivity index (χ4v) is 4.36. The van der Waals surface area contributed by atoms with Gasteiger partial charge in [0.2, 0.25) is 11.7 Å². The van der Waals surface area contributed by atoms with Gasteiger partial charge in [-0.25, -0.2) is 14.4 Å². The molecule has 0 aliphatic heterocycles. The molecule has 1 unspecified atom stereocenters. The van der Waals surface area contributed by atoms with Crippen LogP contribution >= 0.6 is 0 Å². The third-order valence-electron chi connectivity index (χ3n) is 5.80. The molecule has 3 saturated carbocycles. The minimum atomic E-state index is -4.59. The van der Waals surface area contributed by atoms with Crippen molar-refractivity contribution in [3.8, 4) is 0 Å². The molecule has 5 nitrogen and oxygen atoms in total. The Morgan fingerprint density at radius 1 is 1.14 bits per heavy atom. The molecule has 0 spiro atoms.